The first kappa shape index (κ1) is 18.2. The van der Waals surface area contributed by atoms with E-state index in [0.29, 0.717) is 6.61 Å². The Hall–Kier alpha value is -1.64. The zero-order valence-electron chi connectivity index (χ0n) is 15.2. The Morgan fingerprint density at radius 1 is 0.880 bits per heavy atom. The lowest BCUT2D eigenvalue weighted by molar-refractivity contribution is 0.0254. The fraction of sp³-hybridized carbons (Fsp3) is 0.478. The van der Waals surface area contributed by atoms with E-state index in [-0.39, 0.29) is 5.41 Å². The summed E-state index contributed by atoms with van der Waals surface area (Å²) in [6, 6.07) is 21.4. The van der Waals surface area contributed by atoms with Crippen LogP contribution in [-0.4, -0.2) is 36.2 Å². The molecule has 2 aromatic carbocycles. The Kier molecular flexibility index (Phi) is 6.66. The highest BCUT2D eigenvalue weighted by Crippen LogP contribution is 2.34. The zero-order chi connectivity index (χ0) is 17.4. The SMILES string of the molecule is OC[C@@]1(CCc2ccccc2)CCCN(CCCc2ccccc2)C1. The van der Waals surface area contributed by atoms with Crippen LogP contribution in [0.2, 0.25) is 0 Å². The van der Waals surface area contributed by atoms with Crippen LogP contribution < -0.4 is 0 Å². The zero-order valence-corrected chi connectivity index (χ0v) is 15.2. The average Bonchev–Trinajstić information content (AvgIpc) is 2.68. The van der Waals surface area contributed by atoms with Crippen molar-refractivity contribution in [3.05, 3.63) is 71.8 Å². The number of hydrogen-bond donors (Lipinski definition) is 1. The summed E-state index contributed by atoms with van der Waals surface area (Å²) in [6.45, 7) is 3.68. The number of aliphatic hydroxyl groups excluding tert-OH is 1. The third kappa shape index (κ3) is 5.42. The van der Waals surface area contributed by atoms with E-state index < -0.39 is 0 Å². The molecule has 2 aromatic rings. The van der Waals surface area contributed by atoms with E-state index in [2.05, 4.69) is 65.6 Å². The van der Waals surface area contributed by atoms with Crippen LogP contribution >= 0.6 is 0 Å². The topological polar surface area (TPSA) is 23.5 Å². The van der Waals surface area contributed by atoms with Gasteiger partial charge in [0, 0.05) is 18.6 Å². The van der Waals surface area contributed by atoms with Gasteiger partial charge >= 0.3 is 0 Å². The molecule has 25 heavy (non-hydrogen) atoms. The van der Waals surface area contributed by atoms with Crippen LogP contribution in [0.1, 0.15) is 36.8 Å². The van der Waals surface area contributed by atoms with Crippen LogP contribution in [0.25, 0.3) is 0 Å². The van der Waals surface area contributed by atoms with Crippen LogP contribution in [0.5, 0.6) is 0 Å². The second-order valence-corrected chi connectivity index (χ2v) is 7.61. The Labute approximate surface area is 152 Å². The van der Waals surface area contributed by atoms with Gasteiger partial charge in [0.1, 0.15) is 0 Å². The summed E-state index contributed by atoms with van der Waals surface area (Å²) in [4.78, 5) is 2.58. The fourth-order valence-electron chi connectivity index (χ4n) is 4.12. The van der Waals surface area contributed by atoms with Crippen LogP contribution in [0, 0.1) is 5.41 Å². The largest absolute Gasteiger partial charge is 0.396 e. The molecule has 1 aliphatic rings. The molecule has 0 spiro atoms. The molecule has 0 saturated carbocycles. The van der Waals surface area contributed by atoms with Crippen LogP contribution in [0.15, 0.2) is 60.7 Å². The first-order chi connectivity index (χ1) is 12.3. The molecule has 1 atom stereocenters. The molecule has 1 heterocycles. The molecule has 1 saturated heterocycles. The molecule has 0 aliphatic carbocycles. The van der Waals surface area contributed by atoms with E-state index >= 15 is 0 Å². The molecule has 2 heteroatoms. The predicted octanol–water partition coefficient (Wildman–Crippen LogP) is 4.33. The van der Waals surface area contributed by atoms with E-state index in [0.717, 1.165) is 38.8 Å². The number of rotatable bonds is 8. The predicted molar refractivity (Wildman–Crippen MR) is 105 cm³/mol. The highest BCUT2D eigenvalue weighted by atomic mass is 16.3. The molecule has 3 rings (SSSR count). The summed E-state index contributed by atoms with van der Waals surface area (Å²) in [5.41, 5.74) is 2.90. The molecule has 1 N–H and O–H groups in total. The minimum atomic E-state index is 0.0842. The summed E-state index contributed by atoms with van der Waals surface area (Å²) in [7, 11) is 0. The maximum atomic E-state index is 10.1. The van der Waals surface area contributed by atoms with Gasteiger partial charge in [-0.3, -0.25) is 0 Å². The molecule has 0 unspecified atom stereocenters. The summed E-state index contributed by atoms with van der Waals surface area (Å²) in [5.74, 6) is 0. The average molecular weight is 338 g/mol. The lowest BCUT2D eigenvalue weighted by Crippen LogP contribution is -2.46. The summed E-state index contributed by atoms with van der Waals surface area (Å²) >= 11 is 0. The van der Waals surface area contributed by atoms with Crippen LogP contribution in [-0.2, 0) is 12.8 Å². The molecule has 1 fully saturated rings. The van der Waals surface area contributed by atoms with Crippen molar-refractivity contribution in [2.75, 3.05) is 26.2 Å². The highest BCUT2D eigenvalue weighted by Gasteiger charge is 2.34. The number of benzene rings is 2. The van der Waals surface area contributed by atoms with Crippen LogP contribution in [0.4, 0.5) is 0 Å². The summed E-state index contributed by atoms with van der Waals surface area (Å²) < 4.78 is 0. The Bertz CT molecular complexity index is 613. The van der Waals surface area contributed by atoms with Crippen molar-refractivity contribution in [3.63, 3.8) is 0 Å². The second-order valence-electron chi connectivity index (χ2n) is 7.61. The Balaban J connectivity index is 1.49. The minimum Gasteiger partial charge on any atom is -0.396 e. The molecular weight excluding hydrogens is 306 g/mol. The van der Waals surface area contributed by atoms with Crippen molar-refractivity contribution >= 4 is 0 Å². The quantitative estimate of drug-likeness (QED) is 0.775. The first-order valence-corrected chi connectivity index (χ1v) is 9.71. The third-order valence-corrected chi connectivity index (χ3v) is 5.65. The van der Waals surface area contributed by atoms with Crippen molar-refractivity contribution in [1.29, 1.82) is 0 Å². The molecule has 0 amide bonds. The Morgan fingerprint density at radius 2 is 1.52 bits per heavy atom. The van der Waals surface area contributed by atoms with Crippen molar-refractivity contribution in [2.24, 2.45) is 5.41 Å². The van der Waals surface area contributed by atoms with E-state index in [4.69, 9.17) is 0 Å². The lowest BCUT2D eigenvalue weighted by Gasteiger charge is -2.42. The van der Waals surface area contributed by atoms with Gasteiger partial charge in [-0.25, -0.2) is 0 Å². The number of likely N-dealkylation sites (tertiary alicyclic amines) is 1. The van der Waals surface area contributed by atoms with Gasteiger partial charge in [-0.15, -0.1) is 0 Å². The van der Waals surface area contributed by atoms with E-state index in [1.165, 1.54) is 30.5 Å². The van der Waals surface area contributed by atoms with Gasteiger partial charge in [-0.2, -0.15) is 0 Å². The van der Waals surface area contributed by atoms with Crippen molar-refractivity contribution < 1.29 is 5.11 Å². The molecule has 134 valence electrons. The van der Waals surface area contributed by atoms with Crippen LogP contribution in [0.3, 0.4) is 0 Å². The van der Waals surface area contributed by atoms with E-state index in [1.807, 2.05) is 0 Å². The van der Waals surface area contributed by atoms with Gasteiger partial charge in [0.05, 0.1) is 0 Å². The monoisotopic (exact) mass is 337 g/mol. The number of piperidine rings is 1. The number of aryl methyl sites for hydroxylation is 2. The minimum absolute atomic E-state index is 0.0842. The van der Waals surface area contributed by atoms with Crippen molar-refractivity contribution in [1.82, 2.24) is 4.90 Å². The Morgan fingerprint density at radius 3 is 2.16 bits per heavy atom. The van der Waals surface area contributed by atoms with E-state index in [9.17, 15) is 5.11 Å². The third-order valence-electron chi connectivity index (χ3n) is 5.65. The van der Waals surface area contributed by atoms with Crippen molar-refractivity contribution in [3.8, 4) is 0 Å². The molecule has 0 aromatic heterocycles. The van der Waals surface area contributed by atoms with E-state index in [1.54, 1.807) is 0 Å². The fourth-order valence-corrected chi connectivity index (χ4v) is 4.12. The number of hydrogen-bond acceptors (Lipinski definition) is 2. The van der Waals surface area contributed by atoms with Gasteiger partial charge in [0.2, 0.25) is 0 Å². The van der Waals surface area contributed by atoms with Gasteiger partial charge in [-0.1, -0.05) is 60.7 Å². The lowest BCUT2D eigenvalue weighted by atomic mass is 9.76. The molecule has 2 nitrogen and oxygen atoms in total. The first-order valence-electron chi connectivity index (χ1n) is 9.71. The summed E-state index contributed by atoms with van der Waals surface area (Å²) in [5, 5.41) is 10.1. The molecule has 1 aliphatic heterocycles. The molecular formula is C23H31NO. The van der Waals surface area contributed by atoms with Crippen molar-refractivity contribution in [2.45, 2.75) is 38.5 Å². The maximum absolute atomic E-state index is 10.1. The normalized spacial score (nSPS) is 21.3. The van der Waals surface area contributed by atoms with Gasteiger partial charge in [-0.05, 0) is 62.7 Å². The molecule has 0 radical (unpaired) electrons. The van der Waals surface area contributed by atoms with Gasteiger partial charge < -0.3 is 10.0 Å². The highest BCUT2D eigenvalue weighted by molar-refractivity contribution is 5.15. The number of aliphatic hydroxyl groups is 1. The second kappa shape index (κ2) is 9.17. The van der Waals surface area contributed by atoms with Gasteiger partial charge in [0.25, 0.3) is 0 Å². The summed E-state index contributed by atoms with van der Waals surface area (Å²) in [6.07, 6.45) is 6.87. The maximum Gasteiger partial charge on any atom is 0.0499 e. The smallest absolute Gasteiger partial charge is 0.0499 e. The molecule has 0 bridgehead atoms. The van der Waals surface area contributed by atoms with Gasteiger partial charge in [0.15, 0.2) is 0 Å². The number of nitrogens with zero attached hydrogens (tertiary/aromatic N) is 1. The standard InChI is InChI=1S/C23H31NO/c25-20-23(16-14-22-11-5-2-6-12-22)15-8-18-24(19-23)17-7-13-21-9-3-1-4-10-21/h1-6,9-12,25H,7-8,13-20H2/t23-/m1/s1.